The second kappa shape index (κ2) is 7.82. The molecule has 0 aliphatic carbocycles. The van der Waals surface area contributed by atoms with Gasteiger partial charge in [-0.15, -0.1) is 0 Å². The Morgan fingerprint density at radius 1 is 1.46 bits per heavy atom. The molecule has 0 spiro atoms. The maximum atomic E-state index is 14.1. The van der Waals surface area contributed by atoms with E-state index in [1.165, 1.54) is 0 Å². The summed E-state index contributed by atoms with van der Waals surface area (Å²) in [5.41, 5.74) is 4.13. The SMILES string of the molecule is C[SiH](C)[C@]1(n2cc(F)c(N)nc2=O)C[C@H](OS(C)(=O)=O)[C@H](COC(C)(C)C)O1. The summed E-state index contributed by atoms with van der Waals surface area (Å²) in [5, 5.41) is -1.24. The van der Waals surface area contributed by atoms with Crippen molar-refractivity contribution in [2.45, 2.75) is 63.4 Å². The fraction of sp³-hybridized carbons (Fsp3) is 0.750. The topological polar surface area (TPSA) is 123 Å². The van der Waals surface area contributed by atoms with Crippen LogP contribution in [0.25, 0.3) is 0 Å². The van der Waals surface area contributed by atoms with Crippen LogP contribution in [-0.4, -0.2) is 57.4 Å². The van der Waals surface area contributed by atoms with Crippen molar-refractivity contribution in [1.82, 2.24) is 9.55 Å². The van der Waals surface area contributed by atoms with Crippen molar-refractivity contribution in [3.63, 3.8) is 0 Å². The number of ether oxygens (including phenoxy) is 2. The molecular weight excluding hydrogens is 409 g/mol. The van der Waals surface area contributed by atoms with Gasteiger partial charge in [0.2, 0.25) is 0 Å². The van der Waals surface area contributed by atoms with Crippen LogP contribution in [0.3, 0.4) is 0 Å². The molecule has 0 amide bonds. The van der Waals surface area contributed by atoms with Crippen molar-refractivity contribution in [2.24, 2.45) is 0 Å². The van der Waals surface area contributed by atoms with Crippen LogP contribution < -0.4 is 11.4 Å². The molecule has 0 unspecified atom stereocenters. The van der Waals surface area contributed by atoms with Crippen molar-refractivity contribution >= 4 is 24.7 Å². The summed E-state index contributed by atoms with van der Waals surface area (Å²) in [6.45, 7) is 9.41. The van der Waals surface area contributed by atoms with Crippen LogP contribution >= 0.6 is 0 Å². The summed E-state index contributed by atoms with van der Waals surface area (Å²) < 4.78 is 55.8. The number of hydrogen-bond donors (Lipinski definition) is 1. The lowest BCUT2D eigenvalue weighted by Gasteiger charge is -2.34. The summed E-state index contributed by atoms with van der Waals surface area (Å²) in [7, 11) is -5.69. The van der Waals surface area contributed by atoms with Crippen LogP contribution in [0.5, 0.6) is 0 Å². The van der Waals surface area contributed by atoms with E-state index in [-0.39, 0.29) is 13.0 Å². The summed E-state index contributed by atoms with van der Waals surface area (Å²) in [6.07, 6.45) is 0.295. The van der Waals surface area contributed by atoms with E-state index >= 15 is 0 Å². The number of nitrogens with zero attached hydrogens (tertiary/aromatic N) is 2. The molecule has 1 aliphatic rings. The molecular formula is C16H28FN3O6SSi. The normalized spacial score (nSPS) is 26.1. The molecule has 28 heavy (non-hydrogen) atoms. The zero-order valence-electron chi connectivity index (χ0n) is 16.9. The largest absolute Gasteiger partial charge is 0.381 e. The summed E-state index contributed by atoms with van der Waals surface area (Å²) >= 11 is 0. The molecule has 0 radical (unpaired) electrons. The van der Waals surface area contributed by atoms with Gasteiger partial charge >= 0.3 is 5.69 Å². The molecule has 1 aromatic rings. The maximum absolute atomic E-state index is 14.1. The molecule has 12 heteroatoms. The second-order valence-corrected chi connectivity index (χ2v) is 13.1. The standard InChI is InChI=1S/C16H28FN3O6SSi/c1-15(2,3)24-9-12-11(26-27(4,22)23)7-16(25-12,28(5)6)20-8-10(17)13(18)19-14(20)21/h8,11-12,28H,7,9H2,1-6H3,(H2,18,19,21)/t11-,12-,16-/m0/s1. The molecule has 9 nitrogen and oxygen atoms in total. The fourth-order valence-corrected chi connectivity index (χ4v) is 5.65. The zero-order chi connectivity index (χ0) is 21.5. The molecule has 1 aliphatic heterocycles. The molecule has 1 fully saturated rings. The maximum Gasteiger partial charge on any atom is 0.351 e. The first-order valence-corrected chi connectivity index (χ1v) is 13.6. The van der Waals surface area contributed by atoms with E-state index in [0.29, 0.717) is 0 Å². The van der Waals surface area contributed by atoms with Crippen molar-refractivity contribution in [3.05, 3.63) is 22.5 Å². The molecule has 2 heterocycles. The number of halogens is 1. The number of hydrogen-bond acceptors (Lipinski definition) is 8. The highest BCUT2D eigenvalue weighted by Gasteiger charge is 2.52. The predicted molar refractivity (Wildman–Crippen MR) is 105 cm³/mol. The number of aromatic nitrogens is 2. The molecule has 2 N–H and O–H groups in total. The minimum Gasteiger partial charge on any atom is -0.381 e. The Kier molecular flexibility index (Phi) is 6.41. The van der Waals surface area contributed by atoms with Gasteiger partial charge in [-0.1, -0.05) is 13.1 Å². The Bertz CT molecular complexity index is 885. The van der Waals surface area contributed by atoms with Crippen molar-refractivity contribution in [3.8, 4) is 0 Å². The minimum atomic E-state index is -3.79. The van der Waals surface area contributed by atoms with Crippen molar-refractivity contribution < 1.29 is 26.5 Å². The number of rotatable bonds is 6. The van der Waals surface area contributed by atoms with E-state index in [1.54, 1.807) is 0 Å². The molecule has 160 valence electrons. The lowest BCUT2D eigenvalue weighted by molar-refractivity contribution is -0.112. The van der Waals surface area contributed by atoms with Crippen molar-refractivity contribution in [2.75, 3.05) is 18.6 Å². The number of nitrogens with two attached hydrogens (primary N) is 1. The van der Waals surface area contributed by atoms with Gasteiger partial charge in [-0.3, -0.25) is 8.75 Å². The first-order chi connectivity index (χ1) is 12.6. The Labute approximate surface area is 165 Å². The Hall–Kier alpha value is -1.34. The van der Waals surface area contributed by atoms with Crippen LogP contribution in [0.2, 0.25) is 13.1 Å². The van der Waals surface area contributed by atoms with Gasteiger partial charge in [0.15, 0.2) is 11.6 Å². The molecule has 0 aromatic carbocycles. The van der Waals surface area contributed by atoms with Gasteiger partial charge in [0.05, 0.1) is 33.5 Å². The Morgan fingerprint density at radius 2 is 2.07 bits per heavy atom. The van der Waals surface area contributed by atoms with Gasteiger partial charge in [0.25, 0.3) is 10.1 Å². The van der Waals surface area contributed by atoms with E-state index in [1.807, 2.05) is 33.9 Å². The number of nitrogen functional groups attached to an aromatic ring is 1. The van der Waals surface area contributed by atoms with Crippen LogP contribution in [0, 0.1) is 5.82 Å². The molecule has 0 bridgehead atoms. The fourth-order valence-electron chi connectivity index (χ4n) is 3.12. The molecule has 3 atom stereocenters. The predicted octanol–water partition coefficient (Wildman–Crippen LogP) is 0.592. The first kappa shape index (κ1) is 22.9. The van der Waals surface area contributed by atoms with Crippen LogP contribution in [0.4, 0.5) is 10.2 Å². The molecule has 1 aromatic heterocycles. The first-order valence-electron chi connectivity index (χ1n) is 8.90. The summed E-state index contributed by atoms with van der Waals surface area (Å²) in [6, 6.07) is 0. The zero-order valence-corrected chi connectivity index (χ0v) is 18.9. The third-order valence-corrected chi connectivity index (χ3v) is 7.51. The van der Waals surface area contributed by atoms with E-state index < -0.39 is 59.4 Å². The van der Waals surface area contributed by atoms with Gasteiger partial charge in [-0.2, -0.15) is 13.4 Å². The smallest absolute Gasteiger partial charge is 0.351 e. The quantitative estimate of drug-likeness (QED) is 0.507. The van der Waals surface area contributed by atoms with Gasteiger partial charge in [0.1, 0.15) is 17.6 Å². The van der Waals surface area contributed by atoms with Gasteiger partial charge in [-0.05, 0) is 20.8 Å². The average Bonchev–Trinajstić information content (AvgIpc) is 2.86. The van der Waals surface area contributed by atoms with Gasteiger partial charge < -0.3 is 15.2 Å². The highest BCUT2D eigenvalue weighted by Crippen LogP contribution is 2.39. The third kappa shape index (κ3) is 5.17. The van der Waals surface area contributed by atoms with Gasteiger partial charge in [0, 0.05) is 6.42 Å². The number of anilines is 1. The van der Waals surface area contributed by atoms with E-state index in [9.17, 15) is 17.6 Å². The third-order valence-electron chi connectivity index (χ3n) is 4.46. The lowest BCUT2D eigenvalue weighted by Crippen LogP contribution is -2.51. The second-order valence-electron chi connectivity index (χ2n) is 8.25. The van der Waals surface area contributed by atoms with E-state index in [0.717, 1.165) is 17.0 Å². The van der Waals surface area contributed by atoms with Crippen molar-refractivity contribution in [1.29, 1.82) is 0 Å². The Morgan fingerprint density at radius 3 is 2.57 bits per heavy atom. The minimum absolute atomic E-state index is 0.0478. The highest BCUT2D eigenvalue weighted by molar-refractivity contribution is 7.86. The van der Waals surface area contributed by atoms with Gasteiger partial charge in [-0.25, -0.2) is 9.18 Å². The summed E-state index contributed by atoms with van der Waals surface area (Å²) in [5.74, 6) is -1.36. The lowest BCUT2D eigenvalue weighted by atomic mass is 10.1. The monoisotopic (exact) mass is 437 g/mol. The average molecular weight is 438 g/mol. The van der Waals surface area contributed by atoms with E-state index in [4.69, 9.17) is 19.4 Å². The molecule has 1 saturated heterocycles. The van der Waals surface area contributed by atoms with E-state index in [2.05, 4.69) is 4.98 Å². The van der Waals surface area contributed by atoms with Crippen LogP contribution in [0.15, 0.2) is 11.0 Å². The van der Waals surface area contributed by atoms with Crippen LogP contribution in [-0.2, 0) is 29.1 Å². The highest BCUT2D eigenvalue weighted by atomic mass is 32.2. The molecule has 2 rings (SSSR count). The Balaban J connectivity index is 2.50. The van der Waals surface area contributed by atoms with Crippen LogP contribution in [0.1, 0.15) is 27.2 Å². The molecule has 0 saturated carbocycles. The summed E-state index contributed by atoms with van der Waals surface area (Å²) in [4.78, 5) is 16.0.